The zero-order chi connectivity index (χ0) is 18.4. The summed E-state index contributed by atoms with van der Waals surface area (Å²) in [4.78, 5) is 35.8. The maximum Gasteiger partial charge on any atom is 0.328 e. The summed E-state index contributed by atoms with van der Waals surface area (Å²) in [6.07, 6.45) is 2.10. The van der Waals surface area contributed by atoms with Crippen LogP contribution in [-0.4, -0.2) is 29.6 Å². The van der Waals surface area contributed by atoms with Crippen molar-refractivity contribution in [1.29, 1.82) is 0 Å². The number of carbonyl (C=O) groups is 2. The largest absolute Gasteiger partial charge is 0.467 e. The Labute approximate surface area is 145 Å². The second-order valence-electron chi connectivity index (χ2n) is 6.11. The van der Waals surface area contributed by atoms with Crippen molar-refractivity contribution in [1.82, 2.24) is 9.88 Å². The number of furan rings is 1. The number of hydrogen-bond acceptors (Lipinski definition) is 5. The van der Waals surface area contributed by atoms with Gasteiger partial charge in [-0.3, -0.25) is 9.59 Å². The average Bonchev–Trinajstić information content (AvgIpc) is 3.04. The Hall–Kier alpha value is -2.83. The van der Waals surface area contributed by atoms with Gasteiger partial charge in [0, 0.05) is 12.3 Å². The smallest absolute Gasteiger partial charge is 0.328 e. The highest BCUT2D eigenvalue weighted by molar-refractivity contribution is 5.94. The molecule has 2 heterocycles. The van der Waals surface area contributed by atoms with E-state index in [1.807, 2.05) is 13.8 Å². The lowest BCUT2D eigenvalue weighted by Crippen LogP contribution is -2.42. The minimum atomic E-state index is -0.734. The minimum absolute atomic E-state index is 0.0802. The van der Waals surface area contributed by atoms with Gasteiger partial charge in [-0.25, -0.2) is 4.79 Å². The molecule has 0 aliphatic carbocycles. The van der Waals surface area contributed by atoms with Crippen LogP contribution in [0.3, 0.4) is 0 Å². The van der Waals surface area contributed by atoms with E-state index in [-0.39, 0.29) is 23.8 Å². The molecule has 0 bridgehead atoms. The van der Waals surface area contributed by atoms with E-state index in [4.69, 9.17) is 9.15 Å². The van der Waals surface area contributed by atoms with Crippen LogP contribution in [0.15, 0.2) is 45.7 Å². The highest BCUT2D eigenvalue weighted by Gasteiger charge is 2.24. The molecule has 1 N–H and O–H groups in total. The SMILES string of the molecule is COC(=O)[C@H](CC(C)C)NC(=O)c1ccc(Cn2ccccc2=O)o1. The van der Waals surface area contributed by atoms with Crippen molar-refractivity contribution in [2.45, 2.75) is 32.9 Å². The molecule has 2 aromatic heterocycles. The number of ether oxygens (including phenoxy) is 1. The van der Waals surface area contributed by atoms with Gasteiger partial charge in [-0.05, 0) is 30.5 Å². The molecule has 0 aliphatic heterocycles. The van der Waals surface area contributed by atoms with Crippen molar-refractivity contribution in [2.24, 2.45) is 5.92 Å². The lowest BCUT2D eigenvalue weighted by Gasteiger charge is -2.17. The first-order valence-corrected chi connectivity index (χ1v) is 8.03. The van der Waals surface area contributed by atoms with Gasteiger partial charge in [0.05, 0.1) is 13.7 Å². The molecule has 2 rings (SSSR count). The van der Waals surface area contributed by atoms with Crippen LogP contribution in [-0.2, 0) is 16.1 Å². The van der Waals surface area contributed by atoms with Gasteiger partial charge in [0.1, 0.15) is 11.8 Å². The van der Waals surface area contributed by atoms with Crippen LogP contribution in [0.5, 0.6) is 0 Å². The zero-order valence-electron chi connectivity index (χ0n) is 14.5. The molecule has 0 spiro atoms. The molecular weight excluding hydrogens is 324 g/mol. The van der Waals surface area contributed by atoms with Gasteiger partial charge in [0.15, 0.2) is 5.76 Å². The van der Waals surface area contributed by atoms with Crippen molar-refractivity contribution >= 4 is 11.9 Å². The summed E-state index contributed by atoms with van der Waals surface area (Å²) in [5.74, 6) is -0.234. The van der Waals surface area contributed by atoms with Crippen LogP contribution in [0.25, 0.3) is 0 Å². The van der Waals surface area contributed by atoms with Crippen LogP contribution in [0.2, 0.25) is 0 Å². The van der Waals surface area contributed by atoms with Gasteiger partial charge in [-0.2, -0.15) is 0 Å². The second-order valence-corrected chi connectivity index (χ2v) is 6.11. The maximum absolute atomic E-state index is 12.3. The van der Waals surface area contributed by atoms with Crippen molar-refractivity contribution in [2.75, 3.05) is 7.11 Å². The van der Waals surface area contributed by atoms with Gasteiger partial charge in [-0.15, -0.1) is 0 Å². The van der Waals surface area contributed by atoms with Crippen molar-refractivity contribution < 1.29 is 18.7 Å². The number of nitrogens with one attached hydrogen (secondary N) is 1. The molecule has 7 heteroatoms. The minimum Gasteiger partial charge on any atom is -0.467 e. The Kier molecular flexibility index (Phi) is 6.16. The molecular formula is C18H22N2O5. The molecule has 2 aromatic rings. The van der Waals surface area contributed by atoms with E-state index >= 15 is 0 Å². The maximum atomic E-state index is 12.3. The number of esters is 1. The number of amides is 1. The topological polar surface area (TPSA) is 90.5 Å². The van der Waals surface area contributed by atoms with E-state index in [0.29, 0.717) is 12.2 Å². The van der Waals surface area contributed by atoms with E-state index < -0.39 is 17.9 Å². The van der Waals surface area contributed by atoms with Gasteiger partial charge in [0.2, 0.25) is 0 Å². The highest BCUT2D eigenvalue weighted by Crippen LogP contribution is 2.11. The summed E-state index contributed by atoms with van der Waals surface area (Å²) < 4.78 is 11.7. The zero-order valence-corrected chi connectivity index (χ0v) is 14.5. The first-order valence-electron chi connectivity index (χ1n) is 8.03. The van der Waals surface area contributed by atoms with Crippen molar-refractivity contribution in [3.8, 4) is 0 Å². The number of aromatic nitrogens is 1. The molecule has 25 heavy (non-hydrogen) atoms. The van der Waals surface area contributed by atoms with Gasteiger partial charge in [0.25, 0.3) is 11.5 Å². The number of nitrogens with zero attached hydrogens (tertiary/aromatic N) is 1. The Bertz CT molecular complexity index is 791. The normalized spacial score (nSPS) is 12.0. The summed E-state index contributed by atoms with van der Waals surface area (Å²) in [5, 5.41) is 2.63. The Balaban J connectivity index is 2.07. The third kappa shape index (κ3) is 5.07. The lowest BCUT2D eigenvalue weighted by molar-refractivity contribution is -0.143. The molecule has 0 saturated heterocycles. The van der Waals surface area contributed by atoms with Gasteiger partial charge >= 0.3 is 5.97 Å². The fourth-order valence-corrected chi connectivity index (χ4v) is 2.40. The third-order valence-corrected chi connectivity index (χ3v) is 3.61. The van der Waals surface area contributed by atoms with E-state index in [2.05, 4.69) is 5.32 Å². The third-order valence-electron chi connectivity index (χ3n) is 3.61. The summed E-state index contributed by atoms with van der Waals surface area (Å²) in [5.41, 5.74) is -0.160. The number of pyridine rings is 1. The number of hydrogen-bond donors (Lipinski definition) is 1. The lowest BCUT2D eigenvalue weighted by atomic mass is 10.0. The Morgan fingerprint density at radius 1 is 1.24 bits per heavy atom. The molecule has 0 saturated carbocycles. The fraction of sp³-hybridized carbons (Fsp3) is 0.389. The standard InChI is InChI=1S/C18H22N2O5/c1-12(2)10-14(18(23)24-3)19-17(22)15-8-7-13(25-15)11-20-9-5-4-6-16(20)21/h4-9,12,14H,10-11H2,1-3H3,(H,19,22)/t14-/m0/s1. The van der Waals surface area contributed by atoms with Crippen molar-refractivity contribution in [3.05, 3.63) is 58.4 Å². The summed E-state index contributed by atoms with van der Waals surface area (Å²) >= 11 is 0. The van der Waals surface area contributed by atoms with Crippen LogP contribution in [0.1, 0.15) is 36.6 Å². The molecule has 0 unspecified atom stereocenters. The van der Waals surface area contributed by atoms with Crippen LogP contribution in [0.4, 0.5) is 0 Å². The molecule has 1 atom stereocenters. The molecule has 0 aromatic carbocycles. The number of rotatable bonds is 7. The monoisotopic (exact) mass is 346 g/mol. The number of carbonyl (C=O) groups excluding carboxylic acids is 2. The Morgan fingerprint density at radius 3 is 2.64 bits per heavy atom. The molecule has 7 nitrogen and oxygen atoms in total. The molecule has 0 radical (unpaired) electrons. The van der Waals surface area contributed by atoms with Crippen LogP contribution < -0.4 is 10.9 Å². The molecule has 0 fully saturated rings. The number of methoxy groups -OCH3 is 1. The predicted molar refractivity (Wildman–Crippen MR) is 91.2 cm³/mol. The average molecular weight is 346 g/mol. The van der Waals surface area contributed by atoms with Crippen LogP contribution >= 0.6 is 0 Å². The van der Waals surface area contributed by atoms with E-state index in [9.17, 15) is 14.4 Å². The van der Waals surface area contributed by atoms with Crippen molar-refractivity contribution in [3.63, 3.8) is 0 Å². The Morgan fingerprint density at radius 2 is 2.00 bits per heavy atom. The van der Waals surface area contributed by atoms with E-state index in [1.54, 1.807) is 24.4 Å². The predicted octanol–water partition coefficient (Wildman–Crippen LogP) is 1.81. The molecule has 0 aliphatic rings. The summed E-state index contributed by atoms with van der Waals surface area (Å²) in [6.45, 7) is 4.12. The quantitative estimate of drug-likeness (QED) is 0.772. The molecule has 134 valence electrons. The second kappa shape index (κ2) is 8.32. The van der Waals surface area contributed by atoms with E-state index in [0.717, 1.165) is 0 Å². The first-order chi connectivity index (χ1) is 11.9. The molecule has 1 amide bonds. The van der Waals surface area contributed by atoms with Crippen LogP contribution in [0, 0.1) is 5.92 Å². The fourth-order valence-electron chi connectivity index (χ4n) is 2.40. The van der Waals surface area contributed by atoms with E-state index in [1.165, 1.54) is 23.8 Å². The van der Waals surface area contributed by atoms with Gasteiger partial charge in [-0.1, -0.05) is 19.9 Å². The summed E-state index contributed by atoms with van der Waals surface area (Å²) in [6, 6.07) is 7.25. The first kappa shape index (κ1) is 18.5. The highest BCUT2D eigenvalue weighted by atomic mass is 16.5. The summed E-state index contributed by atoms with van der Waals surface area (Å²) in [7, 11) is 1.28. The van der Waals surface area contributed by atoms with Gasteiger partial charge < -0.3 is 19.0 Å².